The highest BCUT2D eigenvalue weighted by Gasteiger charge is 2.41. The molecule has 0 saturated carbocycles. The molecule has 2 amide bonds. The molecule has 2 aliphatic heterocycles. The molecular weight excluding hydrogens is 216 g/mol. The molecule has 7 nitrogen and oxygen atoms in total. The Kier molecular flexibility index (Phi) is 3.25. The molecule has 2 aliphatic rings. The number of carboxylic acids is 1. The first-order chi connectivity index (χ1) is 7.65. The van der Waals surface area contributed by atoms with E-state index in [9.17, 15) is 9.59 Å². The van der Waals surface area contributed by atoms with Gasteiger partial charge in [-0.05, 0) is 19.3 Å². The maximum atomic E-state index is 11.3. The van der Waals surface area contributed by atoms with E-state index in [-0.39, 0.29) is 18.2 Å². The van der Waals surface area contributed by atoms with Crippen molar-refractivity contribution in [1.82, 2.24) is 10.8 Å². The SMILES string of the molecule is O=C(O)CONC(=O)NC1CC2CCC1O2. The van der Waals surface area contributed by atoms with Gasteiger partial charge in [0.2, 0.25) is 0 Å². The lowest BCUT2D eigenvalue weighted by Gasteiger charge is -2.19. The van der Waals surface area contributed by atoms with E-state index >= 15 is 0 Å². The topological polar surface area (TPSA) is 96.9 Å². The number of nitrogens with one attached hydrogen (secondary N) is 2. The number of amides is 2. The molecule has 0 spiro atoms. The Morgan fingerprint density at radius 1 is 1.44 bits per heavy atom. The molecule has 2 bridgehead atoms. The number of hydrogen-bond donors (Lipinski definition) is 3. The van der Waals surface area contributed by atoms with Gasteiger partial charge in [0.15, 0.2) is 6.61 Å². The van der Waals surface area contributed by atoms with Crippen molar-refractivity contribution in [3.05, 3.63) is 0 Å². The minimum absolute atomic E-state index is 0.00665. The van der Waals surface area contributed by atoms with Gasteiger partial charge in [0.25, 0.3) is 0 Å². The van der Waals surface area contributed by atoms with Gasteiger partial charge < -0.3 is 15.2 Å². The van der Waals surface area contributed by atoms with E-state index in [2.05, 4.69) is 10.2 Å². The standard InChI is InChI=1S/C9H14N2O5/c12-8(13)4-15-11-9(14)10-6-3-5-1-2-7(6)16-5/h5-7H,1-4H2,(H,12,13)(H2,10,11,14). The van der Waals surface area contributed by atoms with Gasteiger partial charge in [0.05, 0.1) is 18.2 Å². The minimum atomic E-state index is -1.14. The molecule has 2 saturated heterocycles. The van der Waals surface area contributed by atoms with Gasteiger partial charge in [-0.25, -0.2) is 15.1 Å². The van der Waals surface area contributed by atoms with Gasteiger partial charge in [-0.15, -0.1) is 0 Å². The smallest absolute Gasteiger partial charge is 0.339 e. The fourth-order valence-corrected chi connectivity index (χ4v) is 2.15. The summed E-state index contributed by atoms with van der Waals surface area (Å²) < 4.78 is 5.55. The molecular formula is C9H14N2O5. The third-order valence-electron chi connectivity index (χ3n) is 2.78. The number of fused-ring (bicyclic) bond motifs is 2. The number of aliphatic carboxylic acids is 1. The zero-order valence-electron chi connectivity index (χ0n) is 8.64. The van der Waals surface area contributed by atoms with Gasteiger partial charge in [0.1, 0.15) is 0 Å². The minimum Gasteiger partial charge on any atom is -0.479 e. The normalized spacial score (nSPS) is 31.4. The van der Waals surface area contributed by atoms with Gasteiger partial charge in [-0.1, -0.05) is 0 Å². The summed E-state index contributed by atoms with van der Waals surface area (Å²) in [7, 11) is 0. The van der Waals surface area contributed by atoms with Crippen molar-refractivity contribution >= 4 is 12.0 Å². The lowest BCUT2D eigenvalue weighted by molar-refractivity contribution is -0.144. The lowest BCUT2D eigenvalue weighted by Crippen LogP contribution is -2.46. The van der Waals surface area contributed by atoms with Crippen LogP contribution in [-0.2, 0) is 14.4 Å². The Bertz CT molecular complexity index is 296. The zero-order valence-corrected chi connectivity index (χ0v) is 8.64. The number of urea groups is 1. The second kappa shape index (κ2) is 4.67. The molecule has 3 unspecified atom stereocenters. The van der Waals surface area contributed by atoms with E-state index in [1.165, 1.54) is 0 Å². The average molecular weight is 230 g/mol. The summed E-state index contributed by atoms with van der Waals surface area (Å²) in [5, 5.41) is 11.0. The molecule has 0 aliphatic carbocycles. The van der Waals surface area contributed by atoms with Crippen molar-refractivity contribution in [2.45, 2.75) is 37.5 Å². The molecule has 16 heavy (non-hydrogen) atoms. The van der Waals surface area contributed by atoms with E-state index in [0.29, 0.717) is 0 Å². The third-order valence-corrected chi connectivity index (χ3v) is 2.78. The summed E-state index contributed by atoms with van der Waals surface area (Å²) >= 11 is 0. The quantitative estimate of drug-likeness (QED) is 0.572. The molecule has 0 aromatic heterocycles. The first kappa shape index (κ1) is 11.2. The van der Waals surface area contributed by atoms with Crippen molar-refractivity contribution < 1.29 is 24.3 Å². The summed E-state index contributed by atoms with van der Waals surface area (Å²) in [4.78, 5) is 25.8. The molecule has 3 atom stereocenters. The number of carboxylic acid groups (broad SMARTS) is 1. The van der Waals surface area contributed by atoms with E-state index in [1.807, 2.05) is 5.48 Å². The fraction of sp³-hybridized carbons (Fsp3) is 0.778. The number of carbonyl (C=O) groups excluding carboxylic acids is 1. The largest absolute Gasteiger partial charge is 0.479 e. The van der Waals surface area contributed by atoms with Crippen LogP contribution in [-0.4, -0.2) is 42.0 Å². The van der Waals surface area contributed by atoms with Crippen LogP contribution in [0, 0.1) is 0 Å². The van der Waals surface area contributed by atoms with Crippen molar-refractivity contribution in [1.29, 1.82) is 0 Å². The molecule has 2 fully saturated rings. The average Bonchev–Trinajstić information content (AvgIpc) is 2.78. The van der Waals surface area contributed by atoms with E-state index in [1.54, 1.807) is 0 Å². The highest BCUT2D eigenvalue weighted by Crippen LogP contribution is 2.34. The van der Waals surface area contributed by atoms with Crippen LogP contribution in [0.25, 0.3) is 0 Å². The molecule has 0 aromatic carbocycles. The third kappa shape index (κ3) is 2.61. The van der Waals surface area contributed by atoms with Crippen LogP contribution in [0.1, 0.15) is 19.3 Å². The molecule has 90 valence electrons. The zero-order chi connectivity index (χ0) is 11.5. The Morgan fingerprint density at radius 3 is 2.81 bits per heavy atom. The Balaban J connectivity index is 1.66. The second-order valence-electron chi connectivity index (χ2n) is 3.97. The van der Waals surface area contributed by atoms with E-state index in [4.69, 9.17) is 9.84 Å². The van der Waals surface area contributed by atoms with Crippen LogP contribution in [0.2, 0.25) is 0 Å². The second-order valence-corrected chi connectivity index (χ2v) is 3.97. The summed E-state index contributed by atoms with van der Waals surface area (Å²) in [5.74, 6) is -1.14. The predicted molar refractivity (Wildman–Crippen MR) is 51.6 cm³/mol. The maximum Gasteiger partial charge on any atom is 0.339 e. The van der Waals surface area contributed by atoms with Crippen LogP contribution >= 0.6 is 0 Å². The summed E-state index contributed by atoms with van der Waals surface area (Å²) in [6, 6.07) is -0.519. The number of hydroxylamine groups is 1. The predicted octanol–water partition coefficient (Wildman–Crippen LogP) is -0.378. The Labute approximate surface area is 92.0 Å². The number of hydrogen-bond acceptors (Lipinski definition) is 4. The number of rotatable bonds is 4. The highest BCUT2D eigenvalue weighted by atomic mass is 16.7. The van der Waals surface area contributed by atoms with Gasteiger partial charge in [0, 0.05) is 0 Å². The van der Waals surface area contributed by atoms with Crippen LogP contribution in [0.15, 0.2) is 0 Å². The summed E-state index contributed by atoms with van der Waals surface area (Å²) in [5.41, 5.74) is 2.01. The first-order valence-electron chi connectivity index (χ1n) is 5.20. The van der Waals surface area contributed by atoms with Crippen LogP contribution < -0.4 is 10.8 Å². The van der Waals surface area contributed by atoms with E-state index in [0.717, 1.165) is 19.3 Å². The molecule has 3 N–H and O–H groups in total. The van der Waals surface area contributed by atoms with Crippen molar-refractivity contribution in [3.8, 4) is 0 Å². The van der Waals surface area contributed by atoms with Crippen LogP contribution in [0.4, 0.5) is 4.79 Å². The number of ether oxygens (including phenoxy) is 1. The fourth-order valence-electron chi connectivity index (χ4n) is 2.15. The Hall–Kier alpha value is -1.34. The van der Waals surface area contributed by atoms with Crippen LogP contribution in [0.5, 0.6) is 0 Å². The molecule has 2 rings (SSSR count). The summed E-state index contributed by atoms with van der Waals surface area (Å²) in [6.45, 7) is -0.555. The monoisotopic (exact) mass is 230 g/mol. The van der Waals surface area contributed by atoms with Gasteiger partial charge in [-0.3, -0.25) is 4.84 Å². The van der Waals surface area contributed by atoms with Crippen molar-refractivity contribution in [2.75, 3.05) is 6.61 Å². The van der Waals surface area contributed by atoms with Gasteiger partial charge in [-0.2, -0.15) is 0 Å². The summed E-state index contributed by atoms with van der Waals surface area (Å²) in [6.07, 6.45) is 3.19. The molecule has 0 aromatic rings. The molecule has 0 radical (unpaired) electrons. The first-order valence-corrected chi connectivity index (χ1v) is 5.20. The number of carbonyl (C=O) groups is 2. The van der Waals surface area contributed by atoms with Crippen molar-refractivity contribution in [3.63, 3.8) is 0 Å². The lowest BCUT2D eigenvalue weighted by atomic mass is 9.96. The van der Waals surface area contributed by atoms with Crippen molar-refractivity contribution in [2.24, 2.45) is 0 Å². The highest BCUT2D eigenvalue weighted by molar-refractivity contribution is 5.73. The van der Waals surface area contributed by atoms with Gasteiger partial charge >= 0.3 is 12.0 Å². The molecule has 7 heteroatoms. The Morgan fingerprint density at radius 2 is 2.25 bits per heavy atom. The van der Waals surface area contributed by atoms with E-state index < -0.39 is 18.6 Å². The maximum absolute atomic E-state index is 11.3. The van der Waals surface area contributed by atoms with Crippen LogP contribution in [0.3, 0.4) is 0 Å². The molecule has 2 heterocycles.